The van der Waals surface area contributed by atoms with Gasteiger partial charge in [0.1, 0.15) is 0 Å². The molecule has 1 unspecified atom stereocenters. The third kappa shape index (κ3) is 8.60. The summed E-state index contributed by atoms with van der Waals surface area (Å²) in [6, 6.07) is 0. The molecule has 0 saturated carbocycles. The second-order valence-corrected chi connectivity index (χ2v) is 4.06. The first-order valence-electron chi connectivity index (χ1n) is 5.07. The SMILES string of the molecule is CCC(C)CN(C)CCOCCS. The van der Waals surface area contributed by atoms with E-state index in [9.17, 15) is 0 Å². The van der Waals surface area contributed by atoms with Gasteiger partial charge in [0.2, 0.25) is 0 Å². The van der Waals surface area contributed by atoms with Crippen molar-refractivity contribution in [3.05, 3.63) is 0 Å². The largest absolute Gasteiger partial charge is 0.379 e. The number of hydrogen-bond acceptors (Lipinski definition) is 3. The van der Waals surface area contributed by atoms with Gasteiger partial charge in [0.25, 0.3) is 0 Å². The van der Waals surface area contributed by atoms with Gasteiger partial charge in [0.15, 0.2) is 0 Å². The van der Waals surface area contributed by atoms with Crippen molar-refractivity contribution in [2.45, 2.75) is 20.3 Å². The molecule has 0 rings (SSSR count). The fraction of sp³-hybridized carbons (Fsp3) is 1.00. The normalized spacial score (nSPS) is 13.6. The van der Waals surface area contributed by atoms with Crippen molar-refractivity contribution in [2.75, 3.05) is 39.1 Å². The molecule has 0 aliphatic carbocycles. The number of rotatable bonds is 8. The predicted octanol–water partition coefficient (Wildman–Crippen LogP) is 1.91. The zero-order valence-electron chi connectivity index (χ0n) is 9.12. The number of likely N-dealkylation sites (N-methyl/N-ethyl adjacent to an activating group) is 1. The zero-order chi connectivity index (χ0) is 10.1. The highest BCUT2D eigenvalue weighted by Crippen LogP contribution is 2.01. The van der Waals surface area contributed by atoms with E-state index in [1.807, 2.05) is 0 Å². The topological polar surface area (TPSA) is 12.5 Å². The zero-order valence-corrected chi connectivity index (χ0v) is 10.0. The van der Waals surface area contributed by atoms with Crippen molar-refractivity contribution in [3.8, 4) is 0 Å². The molecule has 0 heterocycles. The van der Waals surface area contributed by atoms with Crippen LogP contribution in [-0.2, 0) is 4.74 Å². The Morgan fingerprint density at radius 3 is 2.62 bits per heavy atom. The third-order valence-electron chi connectivity index (χ3n) is 2.17. The molecule has 0 aromatic rings. The van der Waals surface area contributed by atoms with E-state index < -0.39 is 0 Å². The second-order valence-electron chi connectivity index (χ2n) is 3.61. The summed E-state index contributed by atoms with van der Waals surface area (Å²) in [4.78, 5) is 2.33. The summed E-state index contributed by atoms with van der Waals surface area (Å²) in [6.45, 7) is 8.30. The monoisotopic (exact) mass is 205 g/mol. The molecule has 3 heteroatoms. The van der Waals surface area contributed by atoms with Crippen molar-refractivity contribution in [2.24, 2.45) is 5.92 Å². The Bertz CT molecular complexity index is 111. The van der Waals surface area contributed by atoms with Gasteiger partial charge in [0.05, 0.1) is 13.2 Å². The van der Waals surface area contributed by atoms with Crippen LogP contribution < -0.4 is 0 Å². The Morgan fingerprint density at radius 1 is 1.38 bits per heavy atom. The number of ether oxygens (including phenoxy) is 1. The molecule has 0 aromatic heterocycles. The van der Waals surface area contributed by atoms with Gasteiger partial charge in [-0.25, -0.2) is 0 Å². The van der Waals surface area contributed by atoms with Crippen molar-refractivity contribution in [1.29, 1.82) is 0 Å². The highest BCUT2D eigenvalue weighted by molar-refractivity contribution is 7.80. The van der Waals surface area contributed by atoms with Crippen LogP contribution in [0.2, 0.25) is 0 Å². The summed E-state index contributed by atoms with van der Waals surface area (Å²) in [7, 11) is 2.15. The predicted molar refractivity (Wildman–Crippen MR) is 61.6 cm³/mol. The number of nitrogens with zero attached hydrogens (tertiary/aromatic N) is 1. The van der Waals surface area contributed by atoms with Crippen molar-refractivity contribution in [3.63, 3.8) is 0 Å². The second kappa shape index (κ2) is 8.85. The lowest BCUT2D eigenvalue weighted by atomic mass is 10.1. The van der Waals surface area contributed by atoms with Crippen LogP contribution >= 0.6 is 12.6 Å². The molecule has 0 aliphatic heterocycles. The van der Waals surface area contributed by atoms with E-state index >= 15 is 0 Å². The highest BCUT2D eigenvalue weighted by atomic mass is 32.1. The van der Waals surface area contributed by atoms with Gasteiger partial charge in [-0.05, 0) is 13.0 Å². The molecule has 0 spiro atoms. The summed E-state index contributed by atoms with van der Waals surface area (Å²) < 4.78 is 5.35. The summed E-state index contributed by atoms with van der Waals surface area (Å²) in [5, 5.41) is 0. The molecule has 0 bridgehead atoms. The van der Waals surface area contributed by atoms with E-state index in [1.165, 1.54) is 13.0 Å². The Labute approximate surface area is 88.1 Å². The van der Waals surface area contributed by atoms with Gasteiger partial charge in [-0.1, -0.05) is 20.3 Å². The molecule has 0 saturated heterocycles. The molecule has 0 aromatic carbocycles. The lowest BCUT2D eigenvalue weighted by Crippen LogP contribution is -2.28. The van der Waals surface area contributed by atoms with Crippen LogP contribution in [0.4, 0.5) is 0 Å². The maximum Gasteiger partial charge on any atom is 0.0593 e. The third-order valence-corrected chi connectivity index (χ3v) is 2.36. The van der Waals surface area contributed by atoms with Crippen LogP contribution in [0.15, 0.2) is 0 Å². The molecule has 0 fully saturated rings. The van der Waals surface area contributed by atoms with Gasteiger partial charge < -0.3 is 9.64 Å². The van der Waals surface area contributed by atoms with Gasteiger partial charge >= 0.3 is 0 Å². The van der Waals surface area contributed by atoms with Crippen LogP contribution in [0.1, 0.15) is 20.3 Å². The first kappa shape index (κ1) is 13.3. The van der Waals surface area contributed by atoms with Crippen molar-refractivity contribution >= 4 is 12.6 Å². The lowest BCUT2D eigenvalue weighted by molar-refractivity contribution is 0.119. The number of thiol groups is 1. The summed E-state index contributed by atoms with van der Waals surface area (Å²) >= 11 is 4.08. The van der Waals surface area contributed by atoms with Gasteiger partial charge in [-0.3, -0.25) is 0 Å². The highest BCUT2D eigenvalue weighted by Gasteiger charge is 2.03. The van der Waals surface area contributed by atoms with Gasteiger partial charge in [-0.15, -0.1) is 0 Å². The smallest absolute Gasteiger partial charge is 0.0593 e. The maximum atomic E-state index is 5.35. The van der Waals surface area contributed by atoms with Crippen LogP contribution in [0.25, 0.3) is 0 Å². The average Bonchev–Trinajstić information content (AvgIpc) is 2.12. The molecule has 0 amide bonds. The van der Waals surface area contributed by atoms with E-state index in [4.69, 9.17) is 4.74 Å². The Hall–Kier alpha value is 0.270. The van der Waals surface area contributed by atoms with Crippen LogP contribution in [0.5, 0.6) is 0 Å². The van der Waals surface area contributed by atoms with E-state index in [2.05, 4.69) is 38.4 Å². The van der Waals surface area contributed by atoms with Crippen molar-refractivity contribution < 1.29 is 4.74 Å². The number of hydrogen-bond donors (Lipinski definition) is 1. The van der Waals surface area contributed by atoms with E-state index in [0.717, 1.165) is 31.4 Å². The molecule has 0 aliphatic rings. The molecule has 0 N–H and O–H groups in total. The lowest BCUT2D eigenvalue weighted by Gasteiger charge is -2.20. The molecular formula is C10H23NOS. The molecule has 2 nitrogen and oxygen atoms in total. The maximum absolute atomic E-state index is 5.35. The first-order valence-corrected chi connectivity index (χ1v) is 5.71. The minimum atomic E-state index is 0.764. The van der Waals surface area contributed by atoms with Crippen LogP contribution in [0, 0.1) is 5.92 Å². The molecule has 13 heavy (non-hydrogen) atoms. The molecular weight excluding hydrogens is 182 g/mol. The standard InChI is InChI=1S/C10H23NOS/c1-4-10(2)9-11(3)5-6-12-7-8-13/h10,13H,4-9H2,1-3H3. The van der Waals surface area contributed by atoms with Crippen LogP contribution in [0.3, 0.4) is 0 Å². The van der Waals surface area contributed by atoms with E-state index in [1.54, 1.807) is 0 Å². The minimum absolute atomic E-state index is 0.764. The van der Waals surface area contributed by atoms with Crippen molar-refractivity contribution in [1.82, 2.24) is 4.90 Å². The van der Waals surface area contributed by atoms with E-state index in [-0.39, 0.29) is 0 Å². The van der Waals surface area contributed by atoms with Crippen LogP contribution in [-0.4, -0.2) is 44.0 Å². The fourth-order valence-corrected chi connectivity index (χ4v) is 1.27. The molecule has 0 radical (unpaired) electrons. The Kier molecular flexibility index (Phi) is 9.03. The average molecular weight is 205 g/mol. The minimum Gasteiger partial charge on any atom is -0.379 e. The molecule has 1 atom stereocenters. The Balaban J connectivity index is 3.24. The summed E-state index contributed by atoms with van der Waals surface area (Å²) in [6.07, 6.45) is 1.25. The Morgan fingerprint density at radius 2 is 2.08 bits per heavy atom. The quantitative estimate of drug-likeness (QED) is 0.480. The van der Waals surface area contributed by atoms with Gasteiger partial charge in [-0.2, -0.15) is 12.6 Å². The van der Waals surface area contributed by atoms with E-state index in [0.29, 0.717) is 0 Å². The summed E-state index contributed by atoms with van der Waals surface area (Å²) in [5.74, 6) is 1.60. The summed E-state index contributed by atoms with van der Waals surface area (Å²) in [5.41, 5.74) is 0. The first-order chi connectivity index (χ1) is 6.20. The fourth-order valence-electron chi connectivity index (χ4n) is 1.14. The molecule has 80 valence electrons. The van der Waals surface area contributed by atoms with Gasteiger partial charge in [0, 0.05) is 18.8 Å².